The average molecular weight is 566 g/mol. The molecule has 10 heteroatoms. The first-order chi connectivity index (χ1) is 19.1. The maximum absolute atomic E-state index is 12.8. The lowest BCUT2D eigenvalue weighted by Gasteiger charge is -2.20. The number of unbranched alkanes of at least 4 members (excludes halogenated alkanes) is 2. The molecule has 0 aliphatic rings. The molecule has 0 unspecified atom stereocenters. The fourth-order valence-electron chi connectivity index (χ4n) is 4.86. The predicted octanol–water partition coefficient (Wildman–Crippen LogP) is 5.14. The van der Waals surface area contributed by atoms with Crippen LogP contribution < -0.4 is 15.1 Å². The number of aromatic nitrogens is 1. The van der Waals surface area contributed by atoms with Crippen molar-refractivity contribution in [2.75, 3.05) is 18.0 Å². The average Bonchev–Trinajstić information content (AvgIpc) is 2.91. The number of benzene rings is 2. The van der Waals surface area contributed by atoms with E-state index in [9.17, 15) is 22.6 Å². The van der Waals surface area contributed by atoms with Crippen LogP contribution in [0.1, 0.15) is 50.7 Å². The summed E-state index contributed by atoms with van der Waals surface area (Å²) < 4.78 is 41.7. The number of para-hydroxylation sites is 1. The Morgan fingerprint density at radius 3 is 2.45 bits per heavy atom. The minimum absolute atomic E-state index is 0.0747. The number of fused-ring (bicyclic) bond motifs is 2. The fourth-order valence-corrected chi connectivity index (χ4v) is 5.58. The maximum atomic E-state index is 12.8. The van der Waals surface area contributed by atoms with Gasteiger partial charge in [0.2, 0.25) is 5.52 Å². The van der Waals surface area contributed by atoms with Crippen molar-refractivity contribution in [1.29, 1.82) is 0 Å². The second kappa shape index (κ2) is 12.4. The van der Waals surface area contributed by atoms with Gasteiger partial charge in [-0.2, -0.15) is 13.0 Å². The minimum atomic E-state index is -4.52. The molecule has 2 aromatic heterocycles. The molecular weight excluding hydrogens is 532 g/mol. The van der Waals surface area contributed by atoms with Crippen molar-refractivity contribution in [3.8, 4) is 0 Å². The number of hydrogen-bond donors (Lipinski definition) is 2. The molecule has 0 saturated heterocycles. The van der Waals surface area contributed by atoms with Crippen LogP contribution in [0.15, 0.2) is 68.8 Å². The molecule has 0 aliphatic carbocycles. The van der Waals surface area contributed by atoms with Crippen molar-refractivity contribution in [2.24, 2.45) is 0 Å². The van der Waals surface area contributed by atoms with E-state index in [4.69, 9.17) is 9.52 Å². The Balaban J connectivity index is 1.70. The van der Waals surface area contributed by atoms with Crippen molar-refractivity contribution in [2.45, 2.75) is 51.0 Å². The summed E-state index contributed by atoms with van der Waals surface area (Å²) in [6, 6.07) is 14.0. The first-order valence-electron chi connectivity index (χ1n) is 13.3. The molecule has 4 aromatic rings. The van der Waals surface area contributed by atoms with Crippen LogP contribution in [0.2, 0.25) is 0 Å². The summed E-state index contributed by atoms with van der Waals surface area (Å²) in [4.78, 5) is 25.5. The number of anilines is 1. The van der Waals surface area contributed by atoms with E-state index in [1.807, 2.05) is 24.3 Å². The Bertz CT molecular complexity index is 1740. The Morgan fingerprint density at radius 1 is 1.00 bits per heavy atom. The number of carboxylic acid groups (broad SMARTS) is 1. The topological polar surface area (TPSA) is 129 Å². The van der Waals surface area contributed by atoms with Crippen LogP contribution in [0.5, 0.6) is 0 Å². The van der Waals surface area contributed by atoms with Gasteiger partial charge in [-0.15, -0.1) is 0 Å². The summed E-state index contributed by atoms with van der Waals surface area (Å²) in [5.74, 6) is -0.854. The normalized spacial score (nSPS) is 12.0. The van der Waals surface area contributed by atoms with Crippen molar-refractivity contribution in [1.82, 2.24) is 0 Å². The lowest BCUT2D eigenvalue weighted by molar-refractivity contribution is -0.673. The van der Waals surface area contributed by atoms with Gasteiger partial charge in [0, 0.05) is 49.1 Å². The van der Waals surface area contributed by atoms with Gasteiger partial charge in [-0.05, 0) is 68.7 Å². The molecule has 2 aromatic carbocycles. The molecule has 9 nitrogen and oxygen atoms in total. The van der Waals surface area contributed by atoms with Crippen LogP contribution in [0, 0.1) is 0 Å². The molecular formula is C30H33N2O7S+. The highest BCUT2D eigenvalue weighted by molar-refractivity contribution is 7.86. The molecule has 0 bridgehead atoms. The van der Waals surface area contributed by atoms with Crippen LogP contribution in [0.4, 0.5) is 5.69 Å². The first kappa shape index (κ1) is 29.0. The van der Waals surface area contributed by atoms with Gasteiger partial charge in [-0.25, -0.2) is 4.79 Å². The molecule has 0 fully saturated rings. The van der Waals surface area contributed by atoms with Crippen LogP contribution in [-0.4, -0.2) is 37.1 Å². The SMILES string of the molecule is CCN(CC)c1ccc2cc(C=Cc3cc[n+](CCCCCC(=O)O)c4c(S(=O)(=O)O)cccc34)c(=O)oc2c1. The van der Waals surface area contributed by atoms with E-state index in [-0.39, 0.29) is 11.3 Å². The number of carbonyl (C=O) groups is 1. The quantitative estimate of drug-likeness (QED) is 0.105. The lowest BCUT2D eigenvalue weighted by atomic mass is 10.1. The molecule has 0 amide bonds. The zero-order chi connectivity index (χ0) is 28.9. The van der Waals surface area contributed by atoms with Gasteiger partial charge in [0.05, 0.1) is 10.9 Å². The first-order valence-corrected chi connectivity index (χ1v) is 14.7. The van der Waals surface area contributed by atoms with E-state index < -0.39 is 21.7 Å². The van der Waals surface area contributed by atoms with Crippen LogP contribution in [0.25, 0.3) is 34.0 Å². The van der Waals surface area contributed by atoms with Crippen LogP contribution in [0.3, 0.4) is 0 Å². The summed E-state index contributed by atoms with van der Waals surface area (Å²) in [7, 11) is -4.52. The highest BCUT2D eigenvalue weighted by atomic mass is 32.2. The van der Waals surface area contributed by atoms with Crippen LogP contribution in [-0.2, 0) is 21.5 Å². The van der Waals surface area contributed by atoms with Gasteiger partial charge in [0.15, 0.2) is 11.1 Å². The molecule has 210 valence electrons. The zero-order valence-corrected chi connectivity index (χ0v) is 23.4. The molecule has 4 rings (SSSR count). The Kier molecular flexibility index (Phi) is 9.01. The molecule has 2 N–H and O–H groups in total. The van der Waals surface area contributed by atoms with Gasteiger partial charge in [0.1, 0.15) is 12.1 Å². The molecule has 0 atom stereocenters. The summed E-state index contributed by atoms with van der Waals surface area (Å²) in [6.07, 6.45) is 6.97. The third-order valence-corrected chi connectivity index (χ3v) is 7.80. The highest BCUT2D eigenvalue weighted by Gasteiger charge is 2.23. The summed E-state index contributed by atoms with van der Waals surface area (Å²) in [5, 5.41) is 10.2. The van der Waals surface area contributed by atoms with Crippen molar-refractivity contribution >= 4 is 55.8 Å². The summed E-state index contributed by atoms with van der Waals surface area (Å²) in [6.45, 7) is 6.24. The maximum Gasteiger partial charge on any atom is 0.343 e. The molecule has 40 heavy (non-hydrogen) atoms. The molecule has 2 heterocycles. The zero-order valence-electron chi connectivity index (χ0n) is 22.5. The van der Waals surface area contributed by atoms with E-state index in [0.29, 0.717) is 53.4 Å². The van der Waals surface area contributed by atoms with Gasteiger partial charge in [-0.3, -0.25) is 9.35 Å². The van der Waals surface area contributed by atoms with E-state index in [1.54, 1.807) is 41.1 Å². The number of aliphatic carboxylic acids is 1. The largest absolute Gasteiger partial charge is 0.481 e. The van der Waals surface area contributed by atoms with Crippen molar-refractivity contribution in [3.63, 3.8) is 0 Å². The smallest absolute Gasteiger partial charge is 0.343 e. The lowest BCUT2D eigenvalue weighted by Crippen LogP contribution is -2.35. The Labute approximate surface area is 232 Å². The third-order valence-electron chi connectivity index (χ3n) is 6.92. The van der Waals surface area contributed by atoms with Crippen molar-refractivity contribution in [3.05, 3.63) is 76.3 Å². The van der Waals surface area contributed by atoms with Crippen LogP contribution >= 0.6 is 0 Å². The summed E-state index contributed by atoms with van der Waals surface area (Å²) >= 11 is 0. The van der Waals surface area contributed by atoms with E-state index in [2.05, 4.69) is 18.7 Å². The van der Waals surface area contributed by atoms with Gasteiger partial charge >= 0.3 is 21.7 Å². The predicted molar refractivity (Wildman–Crippen MR) is 155 cm³/mol. The van der Waals surface area contributed by atoms with Gasteiger partial charge < -0.3 is 14.4 Å². The van der Waals surface area contributed by atoms with E-state index in [1.165, 1.54) is 6.07 Å². The van der Waals surface area contributed by atoms with E-state index in [0.717, 1.165) is 24.2 Å². The standard InChI is InChI=1S/C30H32N2O7S/c1-3-31(4-2)24-15-14-22-19-23(30(35)39-26(22)20-24)13-12-21-16-18-32(17-7-5-6-11-28(33)34)29-25(21)9-8-10-27(29)40(36,37)38/h8-10,12-16,18-20H,3-7,11,17H2,1-2H3,(H-,33,34,36,37,38)/p+1. The molecule has 0 saturated carbocycles. The molecule has 0 aliphatic heterocycles. The number of nitrogens with zero attached hydrogens (tertiary/aromatic N) is 2. The second-order valence-electron chi connectivity index (χ2n) is 9.51. The number of carboxylic acids is 1. The molecule has 0 radical (unpaired) electrons. The summed E-state index contributed by atoms with van der Waals surface area (Å²) in [5.41, 5.74) is 2.32. The number of pyridine rings is 1. The Morgan fingerprint density at radius 2 is 1.75 bits per heavy atom. The number of hydrogen-bond acceptors (Lipinski definition) is 6. The fraction of sp³-hybridized carbons (Fsp3) is 0.300. The highest BCUT2D eigenvalue weighted by Crippen LogP contribution is 2.26. The minimum Gasteiger partial charge on any atom is -0.481 e. The number of aryl methyl sites for hydroxylation is 1. The molecule has 0 spiro atoms. The third kappa shape index (κ3) is 6.57. The monoisotopic (exact) mass is 565 g/mol. The second-order valence-corrected chi connectivity index (χ2v) is 10.9. The van der Waals surface area contributed by atoms with Gasteiger partial charge in [0.25, 0.3) is 0 Å². The Hall–Kier alpha value is -4.02. The van der Waals surface area contributed by atoms with E-state index >= 15 is 0 Å². The van der Waals surface area contributed by atoms with Gasteiger partial charge in [-0.1, -0.05) is 12.1 Å². The van der Waals surface area contributed by atoms with Crippen molar-refractivity contribution < 1.29 is 31.9 Å². The number of rotatable bonds is 12.